The second-order valence-electron chi connectivity index (χ2n) is 5.86. The van der Waals surface area contributed by atoms with Crippen LogP contribution in [0.1, 0.15) is 25.7 Å². The van der Waals surface area contributed by atoms with E-state index in [4.69, 9.17) is 11.6 Å². The predicted molar refractivity (Wildman–Crippen MR) is 89.4 cm³/mol. The number of halogens is 3. The van der Waals surface area contributed by atoms with Crippen LogP contribution in [0.15, 0.2) is 16.6 Å². The standard InChI is InChI=1S/C15H20BrClFN3/c1-9(2)14(8-20(3)4)21-13-6-11(18)10(16)5-12(13)19-15(21)7-17/h5-6,9,14H,7-8H2,1-4H3. The van der Waals surface area contributed by atoms with Crippen LogP contribution in [0, 0.1) is 11.7 Å². The highest BCUT2D eigenvalue weighted by atomic mass is 79.9. The molecule has 2 aromatic rings. The van der Waals surface area contributed by atoms with E-state index >= 15 is 0 Å². The Kier molecular flexibility index (Phi) is 5.28. The number of hydrogen-bond acceptors (Lipinski definition) is 2. The van der Waals surface area contributed by atoms with Crippen LogP contribution >= 0.6 is 27.5 Å². The predicted octanol–water partition coefficient (Wildman–Crippen LogP) is 4.44. The van der Waals surface area contributed by atoms with Crippen molar-refractivity contribution in [2.45, 2.75) is 25.8 Å². The Hall–Kier alpha value is -0.650. The van der Waals surface area contributed by atoms with Crippen LogP contribution in [0.2, 0.25) is 0 Å². The Bertz CT molecular complexity index is 639. The first-order valence-electron chi connectivity index (χ1n) is 6.91. The Balaban J connectivity index is 2.66. The molecule has 1 aromatic heterocycles. The van der Waals surface area contributed by atoms with Crippen LogP contribution in [0.3, 0.4) is 0 Å². The minimum atomic E-state index is -0.280. The molecule has 0 aliphatic heterocycles. The van der Waals surface area contributed by atoms with Crippen molar-refractivity contribution in [1.82, 2.24) is 14.5 Å². The summed E-state index contributed by atoms with van der Waals surface area (Å²) in [5.41, 5.74) is 1.57. The van der Waals surface area contributed by atoms with Crippen LogP contribution < -0.4 is 0 Å². The molecule has 0 saturated carbocycles. The first-order chi connectivity index (χ1) is 9.85. The molecule has 0 aliphatic carbocycles. The van der Waals surface area contributed by atoms with Gasteiger partial charge in [0.1, 0.15) is 11.6 Å². The Morgan fingerprint density at radius 2 is 2.05 bits per heavy atom. The van der Waals surface area contributed by atoms with Gasteiger partial charge in [0.05, 0.1) is 27.4 Å². The van der Waals surface area contributed by atoms with E-state index in [1.165, 1.54) is 6.07 Å². The maximum Gasteiger partial charge on any atom is 0.139 e. The zero-order chi connectivity index (χ0) is 15.7. The van der Waals surface area contributed by atoms with E-state index in [9.17, 15) is 4.39 Å². The molecule has 3 nitrogen and oxygen atoms in total. The lowest BCUT2D eigenvalue weighted by atomic mass is 10.0. The SMILES string of the molecule is CC(C)C(CN(C)C)n1c(CCl)nc2cc(Br)c(F)cc21. The van der Waals surface area contributed by atoms with Crippen molar-refractivity contribution in [3.05, 3.63) is 28.2 Å². The average molecular weight is 377 g/mol. The lowest BCUT2D eigenvalue weighted by Gasteiger charge is -2.28. The van der Waals surface area contributed by atoms with E-state index in [2.05, 4.69) is 44.2 Å². The second-order valence-corrected chi connectivity index (χ2v) is 6.98. The van der Waals surface area contributed by atoms with Crippen molar-refractivity contribution < 1.29 is 4.39 Å². The van der Waals surface area contributed by atoms with Gasteiger partial charge in [0.2, 0.25) is 0 Å². The highest BCUT2D eigenvalue weighted by Crippen LogP contribution is 2.30. The molecule has 1 aromatic carbocycles. The largest absolute Gasteiger partial charge is 0.322 e. The van der Waals surface area contributed by atoms with Crippen molar-refractivity contribution in [1.29, 1.82) is 0 Å². The second kappa shape index (κ2) is 6.63. The van der Waals surface area contributed by atoms with Crippen LogP contribution in [0.25, 0.3) is 11.0 Å². The van der Waals surface area contributed by atoms with Crippen molar-refractivity contribution in [3.8, 4) is 0 Å². The molecule has 6 heteroatoms. The molecule has 1 unspecified atom stereocenters. The first kappa shape index (κ1) is 16.7. The fourth-order valence-corrected chi connectivity index (χ4v) is 3.09. The number of benzene rings is 1. The van der Waals surface area contributed by atoms with E-state index in [1.54, 1.807) is 6.07 Å². The maximum absolute atomic E-state index is 13.9. The van der Waals surface area contributed by atoms with Gasteiger partial charge in [-0.05, 0) is 42.0 Å². The summed E-state index contributed by atoms with van der Waals surface area (Å²) in [5.74, 6) is 1.20. The van der Waals surface area contributed by atoms with E-state index in [0.717, 1.165) is 23.4 Å². The zero-order valence-electron chi connectivity index (χ0n) is 12.7. The topological polar surface area (TPSA) is 21.1 Å². The highest BCUT2D eigenvalue weighted by molar-refractivity contribution is 9.10. The zero-order valence-corrected chi connectivity index (χ0v) is 15.0. The number of fused-ring (bicyclic) bond motifs is 1. The smallest absolute Gasteiger partial charge is 0.139 e. The molecule has 116 valence electrons. The summed E-state index contributed by atoms with van der Waals surface area (Å²) >= 11 is 9.28. The van der Waals surface area contributed by atoms with E-state index < -0.39 is 0 Å². The van der Waals surface area contributed by atoms with Gasteiger partial charge in [-0.3, -0.25) is 0 Å². The summed E-state index contributed by atoms with van der Waals surface area (Å²) in [5, 5.41) is 0. The monoisotopic (exact) mass is 375 g/mol. The van der Waals surface area contributed by atoms with Crippen LogP contribution in [-0.2, 0) is 5.88 Å². The molecule has 0 amide bonds. The summed E-state index contributed by atoms with van der Waals surface area (Å²) in [6.07, 6.45) is 0. The number of nitrogens with zero attached hydrogens (tertiary/aromatic N) is 3. The summed E-state index contributed by atoms with van der Waals surface area (Å²) in [6, 6.07) is 3.44. The normalized spacial score (nSPS) is 13.6. The third-order valence-corrected chi connectivity index (χ3v) is 4.42. The number of rotatable bonds is 5. The van der Waals surface area contributed by atoms with Gasteiger partial charge in [-0.15, -0.1) is 11.6 Å². The molecule has 0 saturated heterocycles. The molecule has 1 heterocycles. The summed E-state index contributed by atoms with van der Waals surface area (Å²) in [4.78, 5) is 6.69. The first-order valence-corrected chi connectivity index (χ1v) is 8.24. The van der Waals surface area contributed by atoms with Gasteiger partial charge in [-0.1, -0.05) is 13.8 Å². The Labute approximate surface area is 138 Å². The molecule has 0 N–H and O–H groups in total. The number of hydrogen-bond donors (Lipinski definition) is 0. The molecule has 0 spiro atoms. The summed E-state index contributed by atoms with van der Waals surface area (Å²) in [6.45, 7) is 5.17. The van der Waals surface area contributed by atoms with E-state index in [-0.39, 0.29) is 11.9 Å². The molecule has 0 aliphatic rings. The molecule has 2 rings (SSSR count). The van der Waals surface area contributed by atoms with Crippen LogP contribution in [0.5, 0.6) is 0 Å². The van der Waals surface area contributed by atoms with E-state index in [1.807, 2.05) is 14.1 Å². The molecule has 0 fully saturated rings. The molecule has 1 atom stereocenters. The van der Waals surface area contributed by atoms with Gasteiger partial charge in [-0.25, -0.2) is 9.37 Å². The van der Waals surface area contributed by atoms with Crippen LogP contribution in [-0.4, -0.2) is 35.1 Å². The van der Waals surface area contributed by atoms with E-state index in [0.29, 0.717) is 16.3 Å². The number of alkyl halides is 1. The van der Waals surface area contributed by atoms with Crippen molar-refractivity contribution >= 4 is 38.6 Å². The van der Waals surface area contributed by atoms with Gasteiger partial charge in [0.15, 0.2) is 0 Å². The minimum absolute atomic E-state index is 0.194. The molecule has 21 heavy (non-hydrogen) atoms. The number of likely N-dealkylation sites (N-methyl/N-ethyl adjacent to an activating group) is 1. The number of aromatic nitrogens is 2. The van der Waals surface area contributed by atoms with Crippen LogP contribution in [0.4, 0.5) is 4.39 Å². The fraction of sp³-hybridized carbons (Fsp3) is 0.533. The third kappa shape index (κ3) is 3.41. The van der Waals surface area contributed by atoms with Gasteiger partial charge in [0, 0.05) is 12.6 Å². The van der Waals surface area contributed by atoms with Gasteiger partial charge < -0.3 is 9.47 Å². The average Bonchev–Trinajstić information content (AvgIpc) is 2.73. The quantitative estimate of drug-likeness (QED) is 0.720. The minimum Gasteiger partial charge on any atom is -0.322 e. The summed E-state index contributed by atoms with van der Waals surface area (Å²) in [7, 11) is 4.07. The van der Waals surface area contributed by atoms with Crippen molar-refractivity contribution in [3.63, 3.8) is 0 Å². The number of imidazole rings is 1. The molecule has 0 bridgehead atoms. The van der Waals surface area contributed by atoms with Crippen molar-refractivity contribution in [2.75, 3.05) is 20.6 Å². The lowest BCUT2D eigenvalue weighted by molar-refractivity contribution is 0.270. The van der Waals surface area contributed by atoms with Gasteiger partial charge >= 0.3 is 0 Å². The van der Waals surface area contributed by atoms with Gasteiger partial charge in [0.25, 0.3) is 0 Å². The Morgan fingerprint density at radius 1 is 1.38 bits per heavy atom. The molecular weight excluding hydrogens is 357 g/mol. The summed E-state index contributed by atoms with van der Waals surface area (Å²) < 4.78 is 16.4. The fourth-order valence-electron chi connectivity index (χ4n) is 2.57. The molecule has 0 radical (unpaired) electrons. The van der Waals surface area contributed by atoms with Crippen molar-refractivity contribution in [2.24, 2.45) is 5.92 Å². The third-order valence-electron chi connectivity index (χ3n) is 3.58. The lowest BCUT2D eigenvalue weighted by Crippen LogP contribution is -2.29. The highest BCUT2D eigenvalue weighted by Gasteiger charge is 2.23. The van der Waals surface area contributed by atoms with Gasteiger partial charge in [-0.2, -0.15) is 0 Å². The molecular formula is C15H20BrClFN3. The Morgan fingerprint density at radius 3 is 2.57 bits per heavy atom. The maximum atomic E-state index is 13.9.